The summed E-state index contributed by atoms with van der Waals surface area (Å²) >= 11 is 0. The van der Waals surface area contributed by atoms with Crippen LogP contribution in [0.2, 0.25) is 0 Å². The molecule has 1 N–H and O–H groups in total. The largest absolute Gasteiger partial charge is 0.356 e. The third kappa shape index (κ3) is 6.56. The van der Waals surface area contributed by atoms with Crippen molar-refractivity contribution in [3.05, 3.63) is 206 Å². The zero-order chi connectivity index (χ0) is 32.8. The second kappa shape index (κ2) is 13.7. The molecule has 0 heterocycles. The lowest BCUT2D eigenvalue weighted by Gasteiger charge is -2.19. The Labute approximate surface area is 288 Å². The molecule has 0 bridgehead atoms. The molecule has 0 unspecified atom stereocenters. The zero-order valence-electron chi connectivity index (χ0n) is 27.1. The van der Waals surface area contributed by atoms with Crippen molar-refractivity contribution >= 4 is 11.4 Å². The summed E-state index contributed by atoms with van der Waals surface area (Å²) in [7, 11) is 0. The second-order valence-electron chi connectivity index (χ2n) is 12.3. The number of rotatable bonds is 8. The molecule has 0 spiro atoms. The summed E-state index contributed by atoms with van der Waals surface area (Å²) in [5.41, 5.74) is 16.6. The Bertz CT molecular complexity index is 2290. The van der Waals surface area contributed by atoms with E-state index in [1.807, 2.05) is 6.07 Å². The molecule has 0 saturated carbocycles. The second-order valence-corrected chi connectivity index (χ2v) is 12.3. The van der Waals surface area contributed by atoms with Crippen LogP contribution in [0.15, 0.2) is 206 Å². The Hall–Kier alpha value is -6.44. The third-order valence-electron chi connectivity index (χ3n) is 9.07. The van der Waals surface area contributed by atoms with Crippen LogP contribution in [-0.2, 0) is 0 Å². The molecular weight excluding hydrogens is 591 g/mol. The van der Waals surface area contributed by atoms with E-state index in [4.69, 9.17) is 0 Å². The highest BCUT2D eigenvalue weighted by molar-refractivity contribution is 5.98. The standard InChI is InChI=1S/C48H35N/c1-5-14-35(15-6-1)37-24-28-44(29-25-37)49-45-30-26-38(27-31-45)41-22-13-23-42(32-41)47-34-43(36-16-7-2-8-17-36)33-46(39-18-9-3-10-19-39)48(47)40-20-11-4-12-21-40/h1-34,49H. The molecule has 232 valence electrons. The highest BCUT2D eigenvalue weighted by Gasteiger charge is 2.17. The third-order valence-corrected chi connectivity index (χ3v) is 9.07. The minimum atomic E-state index is 1.06. The fourth-order valence-electron chi connectivity index (χ4n) is 6.58. The smallest absolute Gasteiger partial charge is 0.0384 e. The Morgan fingerprint density at radius 2 is 0.592 bits per heavy atom. The van der Waals surface area contributed by atoms with Crippen LogP contribution >= 0.6 is 0 Å². The van der Waals surface area contributed by atoms with Crippen LogP contribution in [0, 0.1) is 0 Å². The van der Waals surface area contributed by atoms with Crippen LogP contribution in [0.1, 0.15) is 0 Å². The van der Waals surface area contributed by atoms with Crippen molar-refractivity contribution < 1.29 is 0 Å². The van der Waals surface area contributed by atoms with Gasteiger partial charge in [0.1, 0.15) is 0 Å². The van der Waals surface area contributed by atoms with E-state index in [1.165, 1.54) is 66.8 Å². The number of anilines is 2. The summed E-state index contributed by atoms with van der Waals surface area (Å²) in [6, 6.07) is 73.7. The van der Waals surface area contributed by atoms with Crippen LogP contribution in [0.5, 0.6) is 0 Å². The van der Waals surface area contributed by atoms with E-state index in [0.717, 1.165) is 11.4 Å². The van der Waals surface area contributed by atoms with Crippen molar-refractivity contribution in [1.29, 1.82) is 0 Å². The van der Waals surface area contributed by atoms with Crippen LogP contribution in [0.3, 0.4) is 0 Å². The topological polar surface area (TPSA) is 12.0 Å². The van der Waals surface area contributed by atoms with E-state index in [1.54, 1.807) is 0 Å². The maximum atomic E-state index is 3.57. The zero-order valence-corrected chi connectivity index (χ0v) is 27.1. The van der Waals surface area contributed by atoms with E-state index in [2.05, 4.69) is 206 Å². The van der Waals surface area contributed by atoms with Crippen molar-refractivity contribution in [2.75, 3.05) is 5.32 Å². The Morgan fingerprint density at radius 3 is 1.12 bits per heavy atom. The summed E-state index contributed by atoms with van der Waals surface area (Å²) in [4.78, 5) is 0. The maximum Gasteiger partial charge on any atom is 0.0384 e. The number of hydrogen-bond donors (Lipinski definition) is 1. The summed E-state index contributed by atoms with van der Waals surface area (Å²) in [6.07, 6.45) is 0. The van der Waals surface area contributed by atoms with Gasteiger partial charge in [-0.1, -0.05) is 164 Å². The molecule has 0 atom stereocenters. The molecule has 0 aliphatic carbocycles. The first-order chi connectivity index (χ1) is 24.3. The van der Waals surface area contributed by atoms with Crippen molar-refractivity contribution in [3.8, 4) is 66.8 Å². The molecule has 8 rings (SSSR count). The number of nitrogens with one attached hydrogen (secondary N) is 1. The van der Waals surface area contributed by atoms with Crippen LogP contribution in [0.25, 0.3) is 66.8 Å². The molecule has 0 aromatic heterocycles. The summed E-state index contributed by atoms with van der Waals surface area (Å²) < 4.78 is 0. The van der Waals surface area contributed by atoms with Gasteiger partial charge in [0.2, 0.25) is 0 Å². The highest BCUT2D eigenvalue weighted by atomic mass is 14.9. The Morgan fingerprint density at radius 1 is 0.224 bits per heavy atom. The molecule has 1 heteroatoms. The Kier molecular flexibility index (Phi) is 8.39. The first kappa shape index (κ1) is 29.9. The average Bonchev–Trinajstić information content (AvgIpc) is 3.19. The average molecular weight is 626 g/mol. The van der Waals surface area contributed by atoms with Gasteiger partial charge in [0.15, 0.2) is 0 Å². The molecule has 0 radical (unpaired) electrons. The predicted octanol–water partition coefficient (Wildman–Crippen LogP) is 13.4. The summed E-state index contributed by atoms with van der Waals surface area (Å²) in [6.45, 7) is 0. The first-order valence-electron chi connectivity index (χ1n) is 16.8. The lowest BCUT2D eigenvalue weighted by molar-refractivity contribution is 1.52. The van der Waals surface area contributed by atoms with Gasteiger partial charge in [0, 0.05) is 11.4 Å². The molecule has 0 aliphatic rings. The molecule has 0 aliphatic heterocycles. The summed E-state index contributed by atoms with van der Waals surface area (Å²) in [5, 5.41) is 3.57. The predicted molar refractivity (Wildman–Crippen MR) is 209 cm³/mol. The lowest BCUT2D eigenvalue weighted by Crippen LogP contribution is -1.93. The lowest BCUT2D eigenvalue weighted by atomic mass is 9.84. The molecule has 8 aromatic carbocycles. The monoisotopic (exact) mass is 625 g/mol. The fourth-order valence-corrected chi connectivity index (χ4v) is 6.58. The summed E-state index contributed by atoms with van der Waals surface area (Å²) in [5.74, 6) is 0. The van der Waals surface area contributed by atoms with E-state index in [-0.39, 0.29) is 0 Å². The first-order valence-corrected chi connectivity index (χ1v) is 16.8. The minimum absolute atomic E-state index is 1.06. The fraction of sp³-hybridized carbons (Fsp3) is 0. The molecule has 49 heavy (non-hydrogen) atoms. The highest BCUT2D eigenvalue weighted by Crippen LogP contribution is 2.44. The van der Waals surface area contributed by atoms with Crippen molar-refractivity contribution in [2.45, 2.75) is 0 Å². The van der Waals surface area contributed by atoms with Crippen molar-refractivity contribution in [3.63, 3.8) is 0 Å². The molecule has 8 aromatic rings. The van der Waals surface area contributed by atoms with E-state index < -0.39 is 0 Å². The van der Waals surface area contributed by atoms with Crippen molar-refractivity contribution in [1.82, 2.24) is 0 Å². The van der Waals surface area contributed by atoms with E-state index in [0.29, 0.717) is 0 Å². The van der Waals surface area contributed by atoms with Gasteiger partial charge in [-0.3, -0.25) is 0 Å². The number of benzene rings is 8. The van der Waals surface area contributed by atoms with Crippen LogP contribution in [-0.4, -0.2) is 0 Å². The van der Waals surface area contributed by atoms with Gasteiger partial charge in [-0.15, -0.1) is 0 Å². The number of hydrogen-bond acceptors (Lipinski definition) is 1. The normalized spacial score (nSPS) is 10.9. The molecular formula is C48H35N. The van der Waals surface area contributed by atoms with Crippen LogP contribution in [0.4, 0.5) is 11.4 Å². The van der Waals surface area contributed by atoms with Gasteiger partial charge in [0.25, 0.3) is 0 Å². The van der Waals surface area contributed by atoms with Crippen molar-refractivity contribution in [2.24, 2.45) is 0 Å². The van der Waals surface area contributed by atoms with Gasteiger partial charge in [-0.05, 0) is 109 Å². The van der Waals surface area contributed by atoms with E-state index in [9.17, 15) is 0 Å². The van der Waals surface area contributed by atoms with Gasteiger partial charge in [-0.25, -0.2) is 0 Å². The van der Waals surface area contributed by atoms with Gasteiger partial charge in [0.05, 0.1) is 0 Å². The molecule has 0 saturated heterocycles. The molecule has 0 fully saturated rings. The quantitative estimate of drug-likeness (QED) is 0.177. The van der Waals surface area contributed by atoms with Gasteiger partial charge < -0.3 is 5.32 Å². The van der Waals surface area contributed by atoms with Crippen LogP contribution < -0.4 is 5.32 Å². The minimum Gasteiger partial charge on any atom is -0.356 e. The van der Waals surface area contributed by atoms with Gasteiger partial charge in [-0.2, -0.15) is 0 Å². The SMILES string of the molecule is c1ccc(-c2ccc(Nc3ccc(-c4cccc(-c5cc(-c6ccccc6)cc(-c6ccccc6)c5-c5ccccc5)c4)cc3)cc2)cc1. The van der Waals surface area contributed by atoms with Gasteiger partial charge >= 0.3 is 0 Å². The molecule has 0 amide bonds. The van der Waals surface area contributed by atoms with E-state index >= 15 is 0 Å². The maximum absolute atomic E-state index is 3.57. The molecule has 1 nitrogen and oxygen atoms in total. The Balaban J connectivity index is 1.16.